The number of carbonyl (C=O) groups excluding carboxylic acids is 1. The molecule has 6 heteroatoms. The van der Waals surface area contributed by atoms with Gasteiger partial charge in [0, 0.05) is 23.7 Å². The highest BCUT2D eigenvalue weighted by molar-refractivity contribution is 8.00. The molecule has 0 saturated heterocycles. The van der Waals surface area contributed by atoms with E-state index in [-0.39, 0.29) is 16.7 Å². The number of nitrogens with one attached hydrogen (secondary N) is 2. The van der Waals surface area contributed by atoms with Crippen LogP contribution >= 0.6 is 11.8 Å². The zero-order valence-corrected chi connectivity index (χ0v) is 16.1. The van der Waals surface area contributed by atoms with Crippen LogP contribution < -0.4 is 10.9 Å². The average Bonchev–Trinajstić information content (AvgIpc) is 3.12. The fourth-order valence-electron chi connectivity index (χ4n) is 3.26. The number of thioether (sulfide) groups is 1. The number of aryl methyl sites for hydroxylation is 1. The van der Waals surface area contributed by atoms with E-state index >= 15 is 0 Å². The number of H-pyrrole nitrogens is 1. The zero-order chi connectivity index (χ0) is 18.5. The third-order valence-electron chi connectivity index (χ3n) is 4.78. The number of carbonyl (C=O) groups is 1. The van der Waals surface area contributed by atoms with Crippen molar-refractivity contribution in [3.8, 4) is 0 Å². The number of rotatable bonds is 6. The summed E-state index contributed by atoms with van der Waals surface area (Å²) in [5, 5.41) is 3.30. The monoisotopic (exact) mass is 371 g/mol. The number of hydrogen-bond acceptors (Lipinski definition) is 4. The average molecular weight is 372 g/mol. The molecule has 0 radical (unpaired) electrons. The van der Waals surface area contributed by atoms with Crippen LogP contribution in [0.1, 0.15) is 49.4 Å². The number of nitrogens with zero attached hydrogens (tertiary/aromatic N) is 1. The van der Waals surface area contributed by atoms with Gasteiger partial charge >= 0.3 is 0 Å². The Balaban J connectivity index is 1.67. The summed E-state index contributed by atoms with van der Waals surface area (Å²) >= 11 is 1.30. The minimum absolute atomic E-state index is 0.00978. The minimum atomic E-state index is -0.293. The molecular formula is C20H25N3O2S. The first-order chi connectivity index (χ1) is 12.5. The van der Waals surface area contributed by atoms with E-state index in [1.807, 2.05) is 44.2 Å². The SMILES string of the molecule is Cc1nc(SC(C)C(=O)NC2CCCC2)[nH]c(=O)c1Cc1ccccc1. The molecule has 1 aromatic carbocycles. The summed E-state index contributed by atoms with van der Waals surface area (Å²) in [5.41, 5.74) is 2.33. The molecule has 5 nitrogen and oxygen atoms in total. The summed E-state index contributed by atoms with van der Waals surface area (Å²) in [4.78, 5) is 32.2. The molecule has 1 saturated carbocycles. The lowest BCUT2D eigenvalue weighted by atomic mass is 10.1. The lowest BCUT2D eigenvalue weighted by molar-refractivity contribution is -0.120. The first kappa shape index (κ1) is 18.7. The van der Waals surface area contributed by atoms with Crippen LogP contribution in [0.4, 0.5) is 0 Å². The van der Waals surface area contributed by atoms with Crippen LogP contribution in [0.5, 0.6) is 0 Å². The molecule has 2 N–H and O–H groups in total. The largest absolute Gasteiger partial charge is 0.352 e. The smallest absolute Gasteiger partial charge is 0.255 e. The summed E-state index contributed by atoms with van der Waals surface area (Å²) in [5.74, 6) is 0.00978. The van der Waals surface area contributed by atoms with Gasteiger partial charge in [-0.15, -0.1) is 0 Å². The quantitative estimate of drug-likeness (QED) is 0.604. The van der Waals surface area contributed by atoms with Gasteiger partial charge in [-0.2, -0.15) is 0 Å². The van der Waals surface area contributed by atoms with Crippen LogP contribution in [0.15, 0.2) is 40.3 Å². The number of aromatic nitrogens is 2. The van der Waals surface area contributed by atoms with Gasteiger partial charge in [-0.3, -0.25) is 9.59 Å². The summed E-state index contributed by atoms with van der Waals surface area (Å²) < 4.78 is 0. The topological polar surface area (TPSA) is 74.8 Å². The van der Waals surface area contributed by atoms with Crippen molar-refractivity contribution in [3.05, 3.63) is 57.5 Å². The van der Waals surface area contributed by atoms with Crippen molar-refractivity contribution in [2.75, 3.05) is 0 Å². The highest BCUT2D eigenvalue weighted by Gasteiger charge is 2.22. The first-order valence-corrected chi connectivity index (χ1v) is 10.0. The highest BCUT2D eigenvalue weighted by atomic mass is 32.2. The molecule has 1 fully saturated rings. The predicted molar refractivity (Wildman–Crippen MR) is 105 cm³/mol. The van der Waals surface area contributed by atoms with Gasteiger partial charge < -0.3 is 10.3 Å². The Morgan fingerprint density at radius 1 is 1.31 bits per heavy atom. The molecule has 1 aliphatic carbocycles. The Kier molecular flexibility index (Phi) is 6.14. The molecule has 138 valence electrons. The van der Waals surface area contributed by atoms with Crippen LogP contribution in [0.3, 0.4) is 0 Å². The van der Waals surface area contributed by atoms with Gasteiger partial charge in [0.1, 0.15) is 0 Å². The number of amides is 1. The first-order valence-electron chi connectivity index (χ1n) is 9.13. The second kappa shape index (κ2) is 8.54. The standard InChI is InChI=1S/C20H25N3O2S/c1-13-17(12-15-8-4-3-5-9-15)19(25)23-20(21-13)26-14(2)18(24)22-16-10-6-7-11-16/h3-5,8-9,14,16H,6-7,10-12H2,1-2H3,(H,22,24)(H,21,23,25). The highest BCUT2D eigenvalue weighted by Crippen LogP contribution is 2.22. The molecule has 3 rings (SSSR count). The van der Waals surface area contributed by atoms with Gasteiger partial charge in [-0.05, 0) is 32.3 Å². The fraction of sp³-hybridized carbons (Fsp3) is 0.450. The van der Waals surface area contributed by atoms with Crippen molar-refractivity contribution in [1.82, 2.24) is 15.3 Å². The molecule has 0 bridgehead atoms. The van der Waals surface area contributed by atoms with Crippen molar-refractivity contribution >= 4 is 17.7 Å². The Bertz CT molecular complexity index is 814. The van der Waals surface area contributed by atoms with Gasteiger partial charge in [-0.25, -0.2) is 4.98 Å². The molecule has 26 heavy (non-hydrogen) atoms. The van der Waals surface area contributed by atoms with Gasteiger partial charge in [0.25, 0.3) is 5.56 Å². The van der Waals surface area contributed by atoms with Crippen LogP contribution in [-0.2, 0) is 11.2 Å². The van der Waals surface area contributed by atoms with Crippen LogP contribution in [0, 0.1) is 6.92 Å². The van der Waals surface area contributed by atoms with Crippen molar-refractivity contribution < 1.29 is 4.79 Å². The molecular weight excluding hydrogens is 346 g/mol. The van der Waals surface area contributed by atoms with E-state index in [1.54, 1.807) is 0 Å². The van der Waals surface area contributed by atoms with Gasteiger partial charge in [0.2, 0.25) is 5.91 Å². The van der Waals surface area contributed by atoms with Crippen LogP contribution in [0.25, 0.3) is 0 Å². The van der Waals surface area contributed by atoms with Crippen molar-refractivity contribution in [1.29, 1.82) is 0 Å². The van der Waals surface area contributed by atoms with E-state index < -0.39 is 0 Å². The third-order valence-corrected chi connectivity index (χ3v) is 5.77. The second-order valence-electron chi connectivity index (χ2n) is 6.85. The summed E-state index contributed by atoms with van der Waals surface area (Å²) in [6, 6.07) is 10.2. The van der Waals surface area contributed by atoms with E-state index in [0.29, 0.717) is 28.9 Å². The Morgan fingerprint density at radius 3 is 2.65 bits per heavy atom. The van der Waals surface area contributed by atoms with Crippen molar-refractivity contribution in [2.45, 2.75) is 62.4 Å². The second-order valence-corrected chi connectivity index (χ2v) is 8.18. The Morgan fingerprint density at radius 2 is 2.00 bits per heavy atom. The molecule has 1 amide bonds. The predicted octanol–water partition coefficient (Wildman–Crippen LogP) is 3.21. The van der Waals surface area contributed by atoms with Crippen LogP contribution in [-0.4, -0.2) is 27.2 Å². The maximum Gasteiger partial charge on any atom is 0.255 e. The maximum absolute atomic E-state index is 12.5. The molecule has 0 spiro atoms. The number of hydrogen-bond donors (Lipinski definition) is 2. The molecule has 1 atom stereocenters. The lowest BCUT2D eigenvalue weighted by Gasteiger charge is -2.16. The van der Waals surface area contributed by atoms with Gasteiger partial charge in [0.15, 0.2) is 5.16 Å². The minimum Gasteiger partial charge on any atom is -0.352 e. The van der Waals surface area contributed by atoms with Gasteiger partial charge in [-0.1, -0.05) is 54.9 Å². The Labute approximate surface area is 158 Å². The van der Waals surface area contributed by atoms with E-state index in [1.165, 1.54) is 24.6 Å². The fourth-order valence-corrected chi connectivity index (χ4v) is 4.11. The number of aromatic amines is 1. The third kappa shape index (κ3) is 4.75. The lowest BCUT2D eigenvalue weighted by Crippen LogP contribution is -2.37. The number of benzene rings is 1. The molecule has 2 aromatic rings. The molecule has 1 aliphatic rings. The van der Waals surface area contributed by atoms with E-state index in [9.17, 15) is 9.59 Å². The molecule has 1 unspecified atom stereocenters. The molecule has 0 aliphatic heterocycles. The summed E-state index contributed by atoms with van der Waals surface area (Å²) in [6.45, 7) is 3.70. The summed E-state index contributed by atoms with van der Waals surface area (Å²) in [6.07, 6.45) is 5.04. The zero-order valence-electron chi connectivity index (χ0n) is 15.2. The van der Waals surface area contributed by atoms with E-state index in [4.69, 9.17) is 0 Å². The Hall–Kier alpha value is -2.08. The van der Waals surface area contributed by atoms with Crippen molar-refractivity contribution in [2.24, 2.45) is 0 Å². The molecule has 1 heterocycles. The van der Waals surface area contributed by atoms with Gasteiger partial charge in [0.05, 0.1) is 5.25 Å². The maximum atomic E-state index is 12.5. The van der Waals surface area contributed by atoms with E-state index in [2.05, 4.69) is 15.3 Å². The summed E-state index contributed by atoms with van der Waals surface area (Å²) in [7, 11) is 0. The van der Waals surface area contributed by atoms with E-state index in [0.717, 1.165) is 18.4 Å². The normalized spacial score (nSPS) is 15.8. The van der Waals surface area contributed by atoms with Crippen molar-refractivity contribution in [3.63, 3.8) is 0 Å². The van der Waals surface area contributed by atoms with Crippen LogP contribution in [0.2, 0.25) is 0 Å². The molecule has 1 aromatic heterocycles.